The maximum Gasteiger partial charge on any atom is 0.263 e. The molecule has 0 aliphatic rings. The smallest absolute Gasteiger partial charge is 0.263 e. The van der Waals surface area contributed by atoms with Gasteiger partial charge in [0, 0.05) is 13.1 Å². The number of aromatic nitrogens is 2. The van der Waals surface area contributed by atoms with E-state index in [1.165, 1.54) is 18.5 Å². The van der Waals surface area contributed by atoms with Crippen LogP contribution >= 0.6 is 0 Å². The van der Waals surface area contributed by atoms with Crippen molar-refractivity contribution >= 4 is 21.5 Å². The van der Waals surface area contributed by atoms with Crippen LogP contribution in [0.1, 0.15) is 16.8 Å². The van der Waals surface area contributed by atoms with Crippen molar-refractivity contribution in [2.75, 3.05) is 10.5 Å². The number of nitrogens with one attached hydrogen (secondary N) is 1. The van der Waals surface area contributed by atoms with Crippen LogP contribution in [0.4, 0.5) is 15.9 Å². The van der Waals surface area contributed by atoms with Crippen LogP contribution in [0, 0.1) is 26.6 Å². The molecule has 2 rings (SSSR count). The molecular weight excluding hydrogens is 295 g/mol. The number of aryl methyl sites for hydroxylation is 3. The van der Waals surface area contributed by atoms with Gasteiger partial charge in [-0.2, -0.15) is 5.10 Å². The molecule has 0 aliphatic carbocycles. The Hall–Kier alpha value is -2.09. The molecule has 114 valence electrons. The number of benzene rings is 1. The molecule has 0 radical (unpaired) electrons. The lowest BCUT2D eigenvalue weighted by molar-refractivity contribution is 0.597. The second-order valence-electron chi connectivity index (χ2n) is 4.94. The third kappa shape index (κ3) is 2.71. The van der Waals surface area contributed by atoms with E-state index in [9.17, 15) is 12.8 Å². The van der Waals surface area contributed by atoms with Crippen LogP contribution in [-0.2, 0) is 17.1 Å². The molecule has 6 nitrogen and oxygen atoms in total. The van der Waals surface area contributed by atoms with E-state index < -0.39 is 15.8 Å². The summed E-state index contributed by atoms with van der Waals surface area (Å²) in [5.41, 5.74) is 6.60. The fourth-order valence-corrected chi connectivity index (χ4v) is 3.80. The molecule has 0 saturated carbocycles. The van der Waals surface area contributed by atoms with E-state index >= 15 is 0 Å². The molecule has 0 bridgehead atoms. The van der Waals surface area contributed by atoms with Gasteiger partial charge in [0.05, 0.1) is 16.3 Å². The van der Waals surface area contributed by atoms with E-state index in [1.807, 2.05) is 0 Å². The largest absolute Gasteiger partial charge is 0.396 e. The molecular formula is C13H17FN4O2S. The predicted molar refractivity (Wildman–Crippen MR) is 79.0 cm³/mol. The highest BCUT2D eigenvalue weighted by atomic mass is 32.2. The first kappa shape index (κ1) is 15.3. The first-order chi connectivity index (χ1) is 9.63. The van der Waals surface area contributed by atoms with Crippen molar-refractivity contribution in [2.24, 2.45) is 7.05 Å². The fourth-order valence-electron chi connectivity index (χ4n) is 2.24. The van der Waals surface area contributed by atoms with Gasteiger partial charge in [0.1, 0.15) is 11.6 Å². The number of halogens is 1. The van der Waals surface area contributed by atoms with Crippen LogP contribution in [0.2, 0.25) is 0 Å². The summed E-state index contributed by atoms with van der Waals surface area (Å²) in [6, 6.07) is 2.72. The maximum absolute atomic E-state index is 13.5. The molecule has 1 aromatic carbocycles. The number of anilines is 2. The van der Waals surface area contributed by atoms with E-state index in [1.54, 1.807) is 20.0 Å². The molecule has 0 unspecified atom stereocenters. The summed E-state index contributed by atoms with van der Waals surface area (Å²) in [5.74, 6) is -0.297. The van der Waals surface area contributed by atoms with Crippen LogP contribution < -0.4 is 10.5 Å². The lowest BCUT2D eigenvalue weighted by Gasteiger charge is -2.15. The number of nitrogens with two attached hydrogens (primary N) is 1. The molecule has 21 heavy (non-hydrogen) atoms. The van der Waals surface area contributed by atoms with Gasteiger partial charge < -0.3 is 5.73 Å². The summed E-state index contributed by atoms with van der Waals surface area (Å²) < 4.78 is 42.5. The number of rotatable bonds is 3. The van der Waals surface area contributed by atoms with Gasteiger partial charge in [-0.15, -0.1) is 0 Å². The van der Waals surface area contributed by atoms with Crippen LogP contribution in [0.3, 0.4) is 0 Å². The third-order valence-corrected chi connectivity index (χ3v) is 4.86. The molecule has 1 aromatic heterocycles. The molecule has 0 saturated heterocycles. The van der Waals surface area contributed by atoms with Crippen molar-refractivity contribution in [3.63, 3.8) is 0 Å². The van der Waals surface area contributed by atoms with Crippen LogP contribution in [-0.4, -0.2) is 18.2 Å². The second kappa shape index (κ2) is 5.03. The van der Waals surface area contributed by atoms with Gasteiger partial charge in [-0.3, -0.25) is 9.40 Å². The molecule has 8 heteroatoms. The summed E-state index contributed by atoms with van der Waals surface area (Å²) in [5, 5.41) is 4.07. The molecule has 0 aliphatic heterocycles. The highest BCUT2D eigenvalue weighted by Crippen LogP contribution is 2.29. The number of nitrogen functional groups attached to an aromatic ring is 1. The minimum absolute atomic E-state index is 0.0137. The monoisotopic (exact) mass is 312 g/mol. The minimum Gasteiger partial charge on any atom is -0.396 e. The Labute approximate surface area is 122 Å². The molecule has 0 spiro atoms. The second-order valence-corrected chi connectivity index (χ2v) is 6.56. The highest BCUT2D eigenvalue weighted by Gasteiger charge is 2.24. The first-order valence-corrected chi connectivity index (χ1v) is 7.70. The quantitative estimate of drug-likeness (QED) is 0.847. The van der Waals surface area contributed by atoms with E-state index in [4.69, 9.17) is 5.73 Å². The molecule has 2 aromatic rings. The SMILES string of the molecule is Cc1cc(NS(=O)(=O)c2c(C)cc(F)c(N)c2C)n(C)n1. The topological polar surface area (TPSA) is 90.0 Å². The number of hydrogen-bond donors (Lipinski definition) is 2. The lowest BCUT2D eigenvalue weighted by Crippen LogP contribution is -2.18. The van der Waals surface area contributed by atoms with Gasteiger partial charge >= 0.3 is 0 Å². The Morgan fingerprint density at radius 2 is 1.90 bits per heavy atom. The average molecular weight is 312 g/mol. The van der Waals surface area contributed by atoms with Crippen LogP contribution in [0.5, 0.6) is 0 Å². The number of nitrogens with zero attached hydrogens (tertiary/aromatic N) is 2. The van der Waals surface area contributed by atoms with Crippen molar-refractivity contribution in [1.82, 2.24) is 9.78 Å². The maximum atomic E-state index is 13.5. The van der Waals surface area contributed by atoms with Gasteiger partial charge in [0.15, 0.2) is 0 Å². The van der Waals surface area contributed by atoms with Gasteiger partial charge in [0.2, 0.25) is 0 Å². The van der Waals surface area contributed by atoms with Crippen LogP contribution in [0.15, 0.2) is 17.0 Å². The standard InChI is InChI=1S/C13H17FN4O2S/c1-7-5-10(14)12(15)9(3)13(7)21(19,20)17-11-6-8(2)16-18(11)4/h5-6,17H,15H2,1-4H3. The summed E-state index contributed by atoms with van der Waals surface area (Å²) in [4.78, 5) is -0.0137. The molecule has 3 N–H and O–H groups in total. The van der Waals surface area contributed by atoms with E-state index in [-0.39, 0.29) is 16.1 Å². The fraction of sp³-hybridized carbons (Fsp3) is 0.308. The summed E-state index contributed by atoms with van der Waals surface area (Å²) in [6.45, 7) is 4.76. The minimum atomic E-state index is -3.88. The molecule has 1 heterocycles. The lowest BCUT2D eigenvalue weighted by atomic mass is 10.1. The molecule has 0 atom stereocenters. The van der Waals surface area contributed by atoms with Gasteiger partial charge in [-0.25, -0.2) is 12.8 Å². The van der Waals surface area contributed by atoms with Crippen molar-refractivity contribution in [2.45, 2.75) is 25.7 Å². The Morgan fingerprint density at radius 3 is 2.43 bits per heavy atom. The normalized spacial score (nSPS) is 11.7. The van der Waals surface area contributed by atoms with Gasteiger partial charge in [-0.1, -0.05) is 0 Å². The Balaban J connectivity index is 2.55. The molecule has 0 fully saturated rings. The van der Waals surface area contributed by atoms with Crippen molar-refractivity contribution in [3.8, 4) is 0 Å². The third-order valence-electron chi connectivity index (χ3n) is 3.21. The van der Waals surface area contributed by atoms with Gasteiger partial charge in [-0.05, 0) is 38.0 Å². The van der Waals surface area contributed by atoms with Crippen LogP contribution in [0.25, 0.3) is 0 Å². The Kier molecular flexibility index (Phi) is 3.66. The zero-order chi connectivity index (χ0) is 15.9. The predicted octanol–water partition coefficient (Wildman–Crippen LogP) is 1.87. The average Bonchev–Trinajstić information content (AvgIpc) is 2.63. The summed E-state index contributed by atoms with van der Waals surface area (Å²) >= 11 is 0. The summed E-state index contributed by atoms with van der Waals surface area (Å²) in [7, 11) is -2.25. The van der Waals surface area contributed by atoms with Crippen molar-refractivity contribution < 1.29 is 12.8 Å². The van der Waals surface area contributed by atoms with Gasteiger partial charge in [0.25, 0.3) is 10.0 Å². The Morgan fingerprint density at radius 1 is 1.29 bits per heavy atom. The molecule has 0 amide bonds. The summed E-state index contributed by atoms with van der Waals surface area (Å²) in [6.07, 6.45) is 0. The van der Waals surface area contributed by atoms with E-state index in [0.29, 0.717) is 17.1 Å². The van der Waals surface area contributed by atoms with E-state index in [0.717, 1.165) is 6.07 Å². The highest BCUT2D eigenvalue weighted by molar-refractivity contribution is 7.92. The first-order valence-electron chi connectivity index (χ1n) is 6.22. The van der Waals surface area contributed by atoms with E-state index in [2.05, 4.69) is 9.82 Å². The zero-order valence-electron chi connectivity index (χ0n) is 12.2. The van der Waals surface area contributed by atoms with Crippen molar-refractivity contribution in [3.05, 3.63) is 34.8 Å². The van der Waals surface area contributed by atoms with Crippen molar-refractivity contribution in [1.29, 1.82) is 0 Å². The number of hydrogen-bond acceptors (Lipinski definition) is 4. The number of sulfonamides is 1. The Bertz CT molecular complexity index is 812. The zero-order valence-corrected chi connectivity index (χ0v) is 13.0.